The third-order valence-electron chi connectivity index (χ3n) is 2.57. The monoisotopic (exact) mass is 270 g/mol. The van der Waals surface area contributed by atoms with E-state index in [4.69, 9.17) is 5.11 Å². The molecule has 0 bridgehead atoms. The lowest BCUT2D eigenvalue weighted by molar-refractivity contribution is -0.120. The molecule has 0 spiro atoms. The van der Waals surface area contributed by atoms with Gasteiger partial charge in [0.15, 0.2) is 0 Å². The highest BCUT2D eigenvalue weighted by atomic mass is 16.3. The number of benzene rings is 2. The molecule has 0 radical (unpaired) electrons. The first-order chi connectivity index (χ1) is 9.63. The van der Waals surface area contributed by atoms with Gasteiger partial charge in [-0.1, -0.05) is 24.3 Å². The Labute approximate surface area is 116 Å². The molecule has 102 valence electrons. The Hall–Kier alpha value is -2.82. The second-order valence-corrected chi connectivity index (χ2v) is 4.23. The number of nitrogens with zero attached hydrogens (tertiary/aromatic N) is 1. The summed E-state index contributed by atoms with van der Waals surface area (Å²) in [4.78, 5) is 11.6. The number of carbonyl (C=O) groups excluding carboxylic acids is 1. The Morgan fingerprint density at radius 1 is 1.10 bits per heavy atom. The molecule has 5 nitrogen and oxygen atoms in total. The molecule has 0 aliphatic rings. The van der Waals surface area contributed by atoms with Crippen LogP contribution in [0.25, 0.3) is 0 Å². The summed E-state index contributed by atoms with van der Waals surface area (Å²) < 4.78 is 0. The fourth-order valence-corrected chi connectivity index (χ4v) is 1.62. The highest BCUT2D eigenvalue weighted by molar-refractivity contribution is 5.83. The van der Waals surface area contributed by atoms with Crippen LogP contribution in [0.3, 0.4) is 0 Å². The van der Waals surface area contributed by atoms with E-state index < -0.39 is 0 Å². The number of phenols is 2. The number of rotatable bonds is 4. The Balaban J connectivity index is 1.87. The minimum atomic E-state index is -0.257. The van der Waals surface area contributed by atoms with E-state index in [1.165, 1.54) is 24.4 Å². The van der Waals surface area contributed by atoms with Crippen molar-refractivity contribution in [3.8, 4) is 11.5 Å². The Bertz CT molecular complexity index is 621. The van der Waals surface area contributed by atoms with Crippen molar-refractivity contribution in [1.82, 2.24) is 5.43 Å². The van der Waals surface area contributed by atoms with Crippen LogP contribution in [0.2, 0.25) is 0 Å². The first kappa shape index (κ1) is 13.6. The van der Waals surface area contributed by atoms with Crippen molar-refractivity contribution < 1.29 is 15.0 Å². The summed E-state index contributed by atoms with van der Waals surface area (Å²) in [5, 5.41) is 22.2. The quantitative estimate of drug-likeness (QED) is 0.585. The lowest BCUT2D eigenvalue weighted by atomic mass is 10.1. The van der Waals surface area contributed by atoms with E-state index in [9.17, 15) is 9.90 Å². The van der Waals surface area contributed by atoms with E-state index in [1.54, 1.807) is 30.3 Å². The molecule has 0 fully saturated rings. The Morgan fingerprint density at radius 2 is 1.85 bits per heavy atom. The largest absolute Gasteiger partial charge is 0.508 e. The van der Waals surface area contributed by atoms with Crippen LogP contribution in [0.5, 0.6) is 11.5 Å². The molecular weight excluding hydrogens is 256 g/mol. The van der Waals surface area contributed by atoms with Gasteiger partial charge in [-0.15, -0.1) is 0 Å². The minimum Gasteiger partial charge on any atom is -0.508 e. The minimum absolute atomic E-state index is 0.143. The van der Waals surface area contributed by atoms with Crippen molar-refractivity contribution in [2.75, 3.05) is 0 Å². The van der Waals surface area contributed by atoms with Crippen molar-refractivity contribution in [2.24, 2.45) is 5.10 Å². The van der Waals surface area contributed by atoms with Crippen molar-refractivity contribution in [1.29, 1.82) is 0 Å². The zero-order chi connectivity index (χ0) is 14.4. The average Bonchev–Trinajstić information content (AvgIpc) is 2.41. The van der Waals surface area contributed by atoms with Gasteiger partial charge in [0.1, 0.15) is 11.5 Å². The molecule has 0 aliphatic heterocycles. The van der Waals surface area contributed by atoms with E-state index in [0.29, 0.717) is 5.56 Å². The van der Waals surface area contributed by atoms with Gasteiger partial charge in [0.2, 0.25) is 5.91 Å². The molecule has 0 heterocycles. The summed E-state index contributed by atoms with van der Waals surface area (Å²) in [6.07, 6.45) is 1.63. The van der Waals surface area contributed by atoms with Crippen LogP contribution in [0.4, 0.5) is 0 Å². The molecule has 0 saturated carbocycles. The highest BCUT2D eigenvalue weighted by Gasteiger charge is 2.01. The third kappa shape index (κ3) is 4.13. The third-order valence-corrected chi connectivity index (χ3v) is 2.57. The van der Waals surface area contributed by atoms with Crippen LogP contribution in [-0.2, 0) is 11.2 Å². The van der Waals surface area contributed by atoms with Crippen molar-refractivity contribution >= 4 is 12.1 Å². The lowest BCUT2D eigenvalue weighted by Crippen LogP contribution is -2.19. The topological polar surface area (TPSA) is 81.9 Å². The van der Waals surface area contributed by atoms with E-state index in [1.807, 2.05) is 0 Å². The summed E-state index contributed by atoms with van der Waals surface area (Å²) in [5.41, 5.74) is 3.87. The fourth-order valence-electron chi connectivity index (χ4n) is 1.62. The smallest absolute Gasteiger partial charge is 0.244 e. The summed E-state index contributed by atoms with van der Waals surface area (Å²) in [5.74, 6) is 0.0486. The van der Waals surface area contributed by atoms with Gasteiger partial charge in [-0.05, 0) is 35.4 Å². The second kappa shape index (κ2) is 6.38. The number of nitrogens with one attached hydrogen (secondary N) is 1. The van der Waals surface area contributed by atoms with Crippen molar-refractivity contribution in [3.05, 3.63) is 59.7 Å². The van der Waals surface area contributed by atoms with Gasteiger partial charge >= 0.3 is 0 Å². The molecule has 3 N–H and O–H groups in total. The number of phenolic OH excluding ortho intramolecular Hbond substituents is 2. The molecule has 0 saturated heterocycles. The molecule has 2 rings (SSSR count). The van der Waals surface area contributed by atoms with Gasteiger partial charge in [0.25, 0.3) is 0 Å². The average molecular weight is 270 g/mol. The molecule has 0 unspecified atom stereocenters. The first-order valence-corrected chi connectivity index (χ1v) is 6.02. The molecule has 0 atom stereocenters. The zero-order valence-corrected chi connectivity index (χ0v) is 10.7. The summed E-state index contributed by atoms with van der Waals surface area (Å²) >= 11 is 0. The Kier molecular flexibility index (Phi) is 4.34. The molecule has 1 amide bonds. The lowest BCUT2D eigenvalue weighted by Gasteiger charge is -2.01. The number of carbonyl (C=O) groups is 1. The van der Waals surface area contributed by atoms with E-state index in [0.717, 1.165) is 5.56 Å². The molecular formula is C15H14N2O3. The van der Waals surface area contributed by atoms with Gasteiger partial charge < -0.3 is 10.2 Å². The number of hydrogen-bond acceptors (Lipinski definition) is 4. The van der Waals surface area contributed by atoms with Gasteiger partial charge in [0.05, 0.1) is 12.6 Å². The summed E-state index contributed by atoms with van der Waals surface area (Å²) in [6, 6.07) is 12.9. The maximum atomic E-state index is 11.6. The predicted molar refractivity (Wildman–Crippen MR) is 75.7 cm³/mol. The molecule has 20 heavy (non-hydrogen) atoms. The number of amides is 1. The Morgan fingerprint density at radius 3 is 2.55 bits per heavy atom. The standard InChI is InChI=1S/C15H14N2O3/c18-13-6-4-11(5-7-13)9-15(20)17-16-10-12-2-1-3-14(19)8-12/h1-8,10,18-19H,9H2,(H,17,20)/b16-10-. The number of aromatic hydroxyl groups is 2. The number of hydrazone groups is 1. The SMILES string of the molecule is O=C(Cc1ccc(O)cc1)N/N=C\c1cccc(O)c1. The van der Waals surface area contributed by atoms with Crippen molar-refractivity contribution in [3.63, 3.8) is 0 Å². The fraction of sp³-hybridized carbons (Fsp3) is 0.0667. The van der Waals surface area contributed by atoms with E-state index in [2.05, 4.69) is 10.5 Å². The second-order valence-electron chi connectivity index (χ2n) is 4.23. The first-order valence-electron chi connectivity index (χ1n) is 6.02. The molecule has 2 aromatic rings. The molecule has 0 aliphatic carbocycles. The van der Waals surface area contributed by atoms with Gasteiger partial charge in [0, 0.05) is 0 Å². The van der Waals surface area contributed by atoms with Crippen LogP contribution in [0, 0.1) is 0 Å². The molecule has 0 aromatic heterocycles. The van der Waals surface area contributed by atoms with Crippen LogP contribution in [0.1, 0.15) is 11.1 Å². The van der Waals surface area contributed by atoms with Crippen LogP contribution in [0.15, 0.2) is 53.6 Å². The van der Waals surface area contributed by atoms with E-state index >= 15 is 0 Å². The van der Waals surface area contributed by atoms with Gasteiger partial charge in [-0.2, -0.15) is 5.10 Å². The summed E-state index contributed by atoms with van der Waals surface area (Å²) in [6.45, 7) is 0. The zero-order valence-electron chi connectivity index (χ0n) is 10.7. The maximum absolute atomic E-state index is 11.6. The van der Waals surface area contributed by atoms with Crippen LogP contribution >= 0.6 is 0 Å². The highest BCUT2D eigenvalue weighted by Crippen LogP contribution is 2.10. The molecule has 5 heteroatoms. The van der Waals surface area contributed by atoms with Crippen LogP contribution < -0.4 is 5.43 Å². The van der Waals surface area contributed by atoms with Crippen LogP contribution in [-0.4, -0.2) is 22.3 Å². The predicted octanol–water partition coefficient (Wildman–Crippen LogP) is 1.79. The summed E-state index contributed by atoms with van der Waals surface area (Å²) in [7, 11) is 0. The van der Waals surface area contributed by atoms with E-state index in [-0.39, 0.29) is 23.8 Å². The number of hydrogen-bond donors (Lipinski definition) is 3. The maximum Gasteiger partial charge on any atom is 0.244 e. The molecule has 2 aromatic carbocycles. The van der Waals surface area contributed by atoms with Gasteiger partial charge in [-0.25, -0.2) is 5.43 Å². The van der Waals surface area contributed by atoms with Crippen molar-refractivity contribution in [2.45, 2.75) is 6.42 Å². The normalized spacial score (nSPS) is 10.6. The van der Waals surface area contributed by atoms with Gasteiger partial charge in [-0.3, -0.25) is 4.79 Å².